The van der Waals surface area contributed by atoms with Crippen LogP contribution in [0.1, 0.15) is 28.4 Å². The number of morpholine rings is 1. The molecule has 1 aliphatic heterocycles. The highest BCUT2D eigenvalue weighted by atomic mass is 16.5. The second kappa shape index (κ2) is 6.54. The molecule has 1 unspecified atom stereocenters. The summed E-state index contributed by atoms with van der Waals surface area (Å²) >= 11 is 0. The zero-order valence-corrected chi connectivity index (χ0v) is 12.2. The smallest absolute Gasteiger partial charge is 0.328 e. The van der Waals surface area contributed by atoms with Crippen LogP contribution in [0.15, 0.2) is 24.3 Å². The van der Waals surface area contributed by atoms with Crippen LogP contribution in [-0.2, 0) is 9.53 Å². The summed E-state index contributed by atoms with van der Waals surface area (Å²) in [6.45, 7) is 5.46. The molecule has 1 aromatic carbocycles. The molecular formula is C16H19NO4. The Morgan fingerprint density at radius 1 is 1.43 bits per heavy atom. The second-order valence-corrected chi connectivity index (χ2v) is 5.11. The Bertz CT molecular complexity index is 580. The van der Waals surface area contributed by atoms with Crippen molar-refractivity contribution in [2.24, 2.45) is 0 Å². The maximum absolute atomic E-state index is 12.7. The molecule has 2 rings (SSSR count). The minimum Gasteiger partial charge on any atom is -0.478 e. The monoisotopic (exact) mass is 289 g/mol. The molecule has 1 heterocycles. The number of carboxylic acids is 1. The van der Waals surface area contributed by atoms with E-state index < -0.39 is 5.97 Å². The lowest BCUT2D eigenvalue weighted by Gasteiger charge is -2.33. The number of carbonyl (C=O) groups excluding carboxylic acids is 1. The summed E-state index contributed by atoms with van der Waals surface area (Å²) in [7, 11) is 0. The zero-order valence-electron chi connectivity index (χ0n) is 12.2. The first-order valence-corrected chi connectivity index (χ1v) is 6.90. The minimum absolute atomic E-state index is 0.0334. The van der Waals surface area contributed by atoms with Gasteiger partial charge in [-0.05, 0) is 37.1 Å². The van der Waals surface area contributed by atoms with E-state index in [-0.39, 0.29) is 11.9 Å². The first-order valence-electron chi connectivity index (χ1n) is 6.90. The van der Waals surface area contributed by atoms with Crippen molar-refractivity contribution >= 4 is 18.0 Å². The van der Waals surface area contributed by atoms with Crippen LogP contribution in [0.5, 0.6) is 0 Å². The molecule has 1 fully saturated rings. The molecule has 0 radical (unpaired) electrons. The number of benzene rings is 1. The summed E-state index contributed by atoms with van der Waals surface area (Å²) in [5, 5.41) is 8.71. The highest BCUT2D eigenvalue weighted by Crippen LogP contribution is 2.19. The van der Waals surface area contributed by atoms with Crippen LogP contribution in [0, 0.1) is 6.92 Å². The summed E-state index contributed by atoms with van der Waals surface area (Å²) in [5.74, 6) is -1.04. The van der Waals surface area contributed by atoms with Crippen molar-refractivity contribution in [3.8, 4) is 0 Å². The average Bonchev–Trinajstić information content (AvgIpc) is 2.46. The molecule has 0 saturated carbocycles. The van der Waals surface area contributed by atoms with Crippen LogP contribution in [-0.4, -0.2) is 47.7 Å². The molecule has 112 valence electrons. The molecule has 1 saturated heterocycles. The van der Waals surface area contributed by atoms with E-state index in [0.717, 1.165) is 17.2 Å². The Balaban J connectivity index is 2.29. The summed E-state index contributed by atoms with van der Waals surface area (Å²) in [6.07, 6.45) is 2.59. The molecule has 1 atom stereocenters. The predicted molar refractivity (Wildman–Crippen MR) is 79.2 cm³/mol. The Morgan fingerprint density at radius 2 is 2.19 bits per heavy atom. The van der Waals surface area contributed by atoms with E-state index >= 15 is 0 Å². The lowest BCUT2D eigenvalue weighted by molar-refractivity contribution is -0.131. The zero-order chi connectivity index (χ0) is 15.4. The van der Waals surface area contributed by atoms with Gasteiger partial charge in [0.2, 0.25) is 0 Å². The van der Waals surface area contributed by atoms with Crippen molar-refractivity contribution in [3.63, 3.8) is 0 Å². The van der Waals surface area contributed by atoms with E-state index in [1.165, 1.54) is 6.08 Å². The fourth-order valence-electron chi connectivity index (χ4n) is 2.41. The third-order valence-electron chi connectivity index (χ3n) is 3.64. The maximum atomic E-state index is 12.7. The molecule has 1 amide bonds. The van der Waals surface area contributed by atoms with E-state index in [1.807, 2.05) is 13.8 Å². The number of carboxylic acid groups (broad SMARTS) is 1. The molecule has 0 aromatic heterocycles. The van der Waals surface area contributed by atoms with Gasteiger partial charge >= 0.3 is 5.97 Å². The molecule has 5 nitrogen and oxygen atoms in total. The van der Waals surface area contributed by atoms with Crippen LogP contribution in [0.3, 0.4) is 0 Å². The van der Waals surface area contributed by atoms with Gasteiger partial charge in [-0.15, -0.1) is 0 Å². The highest BCUT2D eigenvalue weighted by molar-refractivity contribution is 5.97. The van der Waals surface area contributed by atoms with Gasteiger partial charge in [0.1, 0.15) is 0 Å². The predicted octanol–water partition coefficient (Wildman–Crippen LogP) is 1.95. The van der Waals surface area contributed by atoms with Crippen molar-refractivity contribution in [1.29, 1.82) is 0 Å². The third kappa shape index (κ3) is 3.49. The van der Waals surface area contributed by atoms with Crippen molar-refractivity contribution < 1.29 is 19.4 Å². The minimum atomic E-state index is -1.01. The normalized spacial score (nSPS) is 19.0. The lowest BCUT2D eigenvalue weighted by atomic mass is 10.00. The molecule has 21 heavy (non-hydrogen) atoms. The first kappa shape index (κ1) is 15.3. The first-order chi connectivity index (χ1) is 10.0. The topological polar surface area (TPSA) is 66.8 Å². The number of hydrogen-bond donors (Lipinski definition) is 1. The molecule has 1 aromatic rings. The van der Waals surface area contributed by atoms with Gasteiger partial charge in [-0.3, -0.25) is 4.79 Å². The summed E-state index contributed by atoms with van der Waals surface area (Å²) in [6, 6.07) is 5.39. The van der Waals surface area contributed by atoms with Crippen LogP contribution in [0.4, 0.5) is 0 Å². The summed E-state index contributed by atoms with van der Waals surface area (Å²) < 4.78 is 5.35. The molecular weight excluding hydrogens is 270 g/mol. The van der Waals surface area contributed by atoms with Gasteiger partial charge in [-0.2, -0.15) is 0 Å². The SMILES string of the molecule is Cc1c(C=CC(=O)O)cccc1C(=O)N1CCOCC1C. The number of ether oxygens (including phenoxy) is 1. The van der Waals surface area contributed by atoms with Crippen molar-refractivity contribution in [2.45, 2.75) is 19.9 Å². The Hall–Kier alpha value is -2.14. The molecule has 5 heteroatoms. The van der Waals surface area contributed by atoms with E-state index in [9.17, 15) is 9.59 Å². The molecule has 0 bridgehead atoms. The third-order valence-corrected chi connectivity index (χ3v) is 3.64. The van der Waals surface area contributed by atoms with Crippen molar-refractivity contribution in [2.75, 3.05) is 19.8 Å². The molecule has 0 aliphatic carbocycles. The van der Waals surface area contributed by atoms with E-state index in [4.69, 9.17) is 9.84 Å². The van der Waals surface area contributed by atoms with E-state index in [2.05, 4.69) is 0 Å². The Labute approximate surface area is 123 Å². The van der Waals surface area contributed by atoms with Crippen LogP contribution < -0.4 is 0 Å². The van der Waals surface area contributed by atoms with Gasteiger partial charge in [-0.25, -0.2) is 4.79 Å². The van der Waals surface area contributed by atoms with Gasteiger partial charge in [-0.1, -0.05) is 12.1 Å². The number of nitrogens with zero attached hydrogens (tertiary/aromatic N) is 1. The summed E-state index contributed by atoms with van der Waals surface area (Å²) in [4.78, 5) is 25.1. The number of hydrogen-bond acceptors (Lipinski definition) is 3. The lowest BCUT2D eigenvalue weighted by Crippen LogP contribution is -2.47. The molecule has 1 aliphatic rings. The summed E-state index contributed by atoms with van der Waals surface area (Å²) in [5.41, 5.74) is 2.14. The van der Waals surface area contributed by atoms with Gasteiger partial charge < -0.3 is 14.7 Å². The maximum Gasteiger partial charge on any atom is 0.328 e. The quantitative estimate of drug-likeness (QED) is 0.864. The number of rotatable bonds is 3. The van der Waals surface area contributed by atoms with Crippen LogP contribution in [0.25, 0.3) is 6.08 Å². The number of carbonyl (C=O) groups is 2. The number of amides is 1. The Morgan fingerprint density at radius 3 is 2.86 bits per heavy atom. The van der Waals surface area contributed by atoms with Gasteiger partial charge in [0.25, 0.3) is 5.91 Å². The molecule has 0 spiro atoms. The van der Waals surface area contributed by atoms with Gasteiger partial charge in [0, 0.05) is 18.2 Å². The van der Waals surface area contributed by atoms with Crippen molar-refractivity contribution in [1.82, 2.24) is 4.90 Å². The van der Waals surface area contributed by atoms with Gasteiger partial charge in [0.05, 0.1) is 19.3 Å². The second-order valence-electron chi connectivity index (χ2n) is 5.11. The fraction of sp³-hybridized carbons (Fsp3) is 0.375. The Kier molecular flexibility index (Phi) is 4.75. The largest absolute Gasteiger partial charge is 0.478 e. The average molecular weight is 289 g/mol. The standard InChI is InChI=1S/C16H19NO4/c1-11-10-21-9-8-17(11)16(20)14-5-3-4-13(12(14)2)6-7-15(18)19/h3-7,11H,8-10H2,1-2H3,(H,18,19). The highest BCUT2D eigenvalue weighted by Gasteiger charge is 2.25. The van der Waals surface area contributed by atoms with Gasteiger partial charge in [0.15, 0.2) is 0 Å². The fourth-order valence-corrected chi connectivity index (χ4v) is 2.41. The van der Waals surface area contributed by atoms with E-state index in [1.54, 1.807) is 23.1 Å². The number of aliphatic carboxylic acids is 1. The van der Waals surface area contributed by atoms with E-state index in [0.29, 0.717) is 25.3 Å². The van der Waals surface area contributed by atoms with Crippen LogP contribution in [0.2, 0.25) is 0 Å². The molecule has 1 N–H and O–H groups in total. The van der Waals surface area contributed by atoms with Crippen molar-refractivity contribution in [3.05, 3.63) is 41.0 Å². The van der Waals surface area contributed by atoms with Crippen LogP contribution >= 0.6 is 0 Å².